The van der Waals surface area contributed by atoms with Gasteiger partial charge in [-0.25, -0.2) is 9.13 Å². The lowest BCUT2D eigenvalue weighted by molar-refractivity contribution is -0.161. The van der Waals surface area contributed by atoms with Crippen LogP contribution in [0.5, 0.6) is 0 Å². The number of phosphoric ester groups is 2. The predicted molar refractivity (Wildman–Crippen MR) is 446 cm³/mol. The molecule has 0 spiro atoms. The molecule has 2 unspecified atom stereocenters. The van der Waals surface area contributed by atoms with E-state index in [1.165, 1.54) is 308 Å². The molecule has 17 nitrogen and oxygen atoms in total. The summed E-state index contributed by atoms with van der Waals surface area (Å²) in [4.78, 5) is 73.4. The molecule has 0 aliphatic heterocycles. The van der Waals surface area contributed by atoms with Crippen molar-refractivity contribution < 1.29 is 80.2 Å². The maximum Gasteiger partial charge on any atom is 0.472 e. The molecule has 0 bridgehead atoms. The molecule has 0 amide bonds. The van der Waals surface area contributed by atoms with Crippen LogP contribution in [0.4, 0.5) is 0 Å². The molecule has 642 valence electrons. The summed E-state index contributed by atoms with van der Waals surface area (Å²) >= 11 is 0. The molecule has 3 N–H and O–H groups in total. The summed E-state index contributed by atoms with van der Waals surface area (Å²) in [5.41, 5.74) is 0. The quantitative estimate of drug-likeness (QED) is 0.0222. The highest BCUT2D eigenvalue weighted by molar-refractivity contribution is 7.47. The van der Waals surface area contributed by atoms with Crippen LogP contribution < -0.4 is 0 Å². The van der Waals surface area contributed by atoms with E-state index in [4.69, 9.17) is 37.0 Å². The van der Waals surface area contributed by atoms with Crippen LogP contribution in [0.25, 0.3) is 0 Å². The minimum atomic E-state index is -4.97. The zero-order valence-electron chi connectivity index (χ0n) is 71.0. The van der Waals surface area contributed by atoms with Crippen LogP contribution in [0.1, 0.15) is 484 Å². The first kappa shape index (κ1) is 106. The normalized spacial score (nSPS) is 13.7. The second kappa shape index (κ2) is 81.6. The van der Waals surface area contributed by atoms with Crippen molar-refractivity contribution in [2.24, 2.45) is 5.92 Å². The molecule has 19 heteroatoms. The van der Waals surface area contributed by atoms with Gasteiger partial charge in [0.2, 0.25) is 0 Å². The highest BCUT2D eigenvalue weighted by Crippen LogP contribution is 2.45. The molecule has 0 aromatic heterocycles. The van der Waals surface area contributed by atoms with E-state index in [2.05, 4.69) is 34.6 Å². The second-order valence-corrected chi connectivity index (χ2v) is 35.4. The van der Waals surface area contributed by atoms with Gasteiger partial charge in [-0.05, 0) is 31.6 Å². The van der Waals surface area contributed by atoms with Crippen LogP contribution in [-0.4, -0.2) is 96.7 Å². The van der Waals surface area contributed by atoms with Gasteiger partial charge in [0.15, 0.2) is 12.2 Å². The third kappa shape index (κ3) is 82.1. The summed E-state index contributed by atoms with van der Waals surface area (Å²) in [6.07, 6.45) is 76.5. The number of esters is 4. The van der Waals surface area contributed by atoms with Gasteiger partial charge in [-0.2, -0.15) is 0 Å². The van der Waals surface area contributed by atoms with Gasteiger partial charge in [0.05, 0.1) is 26.4 Å². The number of unbranched alkanes of at least 4 members (excludes halogenated alkanes) is 61. The Hall–Kier alpha value is -1.94. The zero-order chi connectivity index (χ0) is 79.0. The average molecular weight is 1580 g/mol. The third-order valence-corrected chi connectivity index (χ3v) is 22.9. The average Bonchev–Trinajstić information content (AvgIpc) is 0.899. The Morgan fingerprint density at radius 3 is 0.630 bits per heavy atom. The molecular formula is C89H174O17P2. The number of ether oxygens (including phenoxy) is 4. The molecule has 5 atom stereocenters. The van der Waals surface area contributed by atoms with Gasteiger partial charge in [-0.15, -0.1) is 0 Å². The van der Waals surface area contributed by atoms with Crippen LogP contribution in [0.3, 0.4) is 0 Å². The molecule has 0 aliphatic rings. The fraction of sp³-hybridized carbons (Fsp3) is 0.955. The lowest BCUT2D eigenvalue weighted by Gasteiger charge is -2.21. The number of rotatable bonds is 89. The van der Waals surface area contributed by atoms with E-state index in [0.29, 0.717) is 25.7 Å². The molecule has 108 heavy (non-hydrogen) atoms. The van der Waals surface area contributed by atoms with Gasteiger partial charge in [-0.1, -0.05) is 433 Å². The molecule has 0 saturated heterocycles. The summed E-state index contributed by atoms with van der Waals surface area (Å²) in [6, 6.07) is 0. The standard InChI is InChI=1S/C89H174O17P2/c1-6-9-12-15-18-21-24-27-30-32-34-36-38-40-42-45-48-55-60-65-70-75-89(94)105-84(78-99-86(91)72-67-62-57-52-46-44-41-39-37-35-33-31-28-25-22-19-16-13-10-7-2)80-103-107(95,96)101-76-83(90)77-102-108(97,98)104-81-85(79-100-87(92)73-68-63-58-53-50-49-51-56-61-66-71-82(4)5)106-88(93)74-69-64-59-54-47-43-29-26-23-20-17-14-11-8-3/h82-85,90H,6-81H2,1-5H3,(H,95,96)(H,97,98)/t83-,84-,85-/m1/s1. The minimum Gasteiger partial charge on any atom is -0.462 e. The van der Waals surface area contributed by atoms with E-state index in [0.717, 1.165) is 95.8 Å². The third-order valence-electron chi connectivity index (χ3n) is 21.0. The number of carbonyl (C=O) groups excluding carboxylic acids is 4. The van der Waals surface area contributed by atoms with Crippen molar-refractivity contribution in [1.29, 1.82) is 0 Å². The van der Waals surface area contributed by atoms with E-state index in [1.54, 1.807) is 0 Å². The summed E-state index contributed by atoms with van der Waals surface area (Å²) in [7, 11) is -9.93. The fourth-order valence-electron chi connectivity index (χ4n) is 14.0. The van der Waals surface area contributed by atoms with Crippen molar-refractivity contribution in [3.05, 3.63) is 0 Å². The highest BCUT2D eigenvalue weighted by Gasteiger charge is 2.30. The predicted octanol–water partition coefficient (Wildman–Crippen LogP) is 27.5. The smallest absolute Gasteiger partial charge is 0.462 e. The molecule has 0 aliphatic carbocycles. The maximum absolute atomic E-state index is 13.2. The number of hydrogen-bond acceptors (Lipinski definition) is 15. The van der Waals surface area contributed by atoms with Crippen LogP contribution in [0.15, 0.2) is 0 Å². The summed E-state index contributed by atoms with van der Waals surface area (Å²) < 4.78 is 69.0. The Balaban J connectivity index is 5.24. The number of phosphoric acid groups is 2. The summed E-state index contributed by atoms with van der Waals surface area (Å²) in [5, 5.41) is 10.7. The van der Waals surface area contributed by atoms with Crippen molar-refractivity contribution in [2.45, 2.75) is 502 Å². The molecule has 0 fully saturated rings. The van der Waals surface area contributed by atoms with Crippen molar-refractivity contribution in [3.63, 3.8) is 0 Å². The van der Waals surface area contributed by atoms with Crippen LogP contribution in [0.2, 0.25) is 0 Å². The Kier molecular flexibility index (Phi) is 80.2. The summed E-state index contributed by atoms with van der Waals surface area (Å²) in [6.45, 7) is 7.38. The molecule has 0 saturated carbocycles. The lowest BCUT2D eigenvalue weighted by atomic mass is 10.0. The number of carbonyl (C=O) groups is 4. The van der Waals surface area contributed by atoms with Crippen LogP contribution in [-0.2, 0) is 65.4 Å². The van der Waals surface area contributed by atoms with Crippen molar-refractivity contribution in [3.8, 4) is 0 Å². The maximum atomic E-state index is 13.2. The van der Waals surface area contributed by atoms with Crippen molar-refractivity contribution in [1.82, 2.24) is 0 Å². The van der Waals surface area contributed by atoms with Crippen LogP contribution >= 0.6 is 15.6 Å². The molecule has 0 aromatic rings. The summed E-state index contributed by atoms with van der Waals surface area (Å²) in [5.74, 6) is -1.34. The van der Waals surface area contributed by atoms with Crippen molar-refractivity contribution in [2.75, 3.05) is 39.6 Å². The molecule has 0 radical (unpaired) electrons. The highest BCUT2D eigenvalue weighted by atomic mass is 31.2. The Bertz CT molecular complexity index is 2050. The van der Waals surface area contributed by atoms with E-state index in [9.17, 15) is 43.2 Å². The monoisotopic (exact) mass is 1580 g/mol. The van der Waals surface area contributed by atoms with E-state index in [-0.39, 0.29) is 25.7 Å². The molecule has 0 aromatic carbocycles. The fourth-order valence-corrected chi connectivity index (χ4v) is 15.6. The first-order valence-electron chi connectivity index (χ1n) is 46.1. The first-order valence-corrected chi connectivity index (χ1v) is 49.1. The Labute approximate surface area is 664 Å². The Morgan fingerprint density at radius 2 is 0.426 bits per heavy atom. The molecule has 0 rings (SSSR count). The van der Waals surface area contributed by atoms with Crippen LogP contribution in [0, 0.1) is 5.92 Å². The lowest BCUT2D eigenvalue weighted by Crippen LogP contribution is -2.30. The van der Waals surface area contributed by atoms with E-state index < -0.39 is 97.5 Å². The molecule has 0 heterocycles. The second-order valence-electron chi connectivity index (χ2n) is 32.5. The van der Waals surface area contributed by atoms with E-state index >= 15 is 0 Å². The SMILES string of the molecule is CCCCCCCCCCCCCCCCCCCCCCCC(=O)O[C@H](COC(=O)CCCCCCCCCCCCCCCCCCCCCC)COP(=O)(O)OC[C@@H](O)COP(=O)(O)OC[C@@H](COC(=O)CCCCCCCCCCCCC(C)C)OC(=O)CCCCCCCCCCCCCCCC. The van der Waals surface area contributed by atoms with Crippen molar-refractivity contribution >= 4 is 39.5 Å². The van der Waals surface area contributed by atoms with E-state index in [1.807, 2.05) is 0 Å². The van der Waals surface area contributed by atoms with Gasteiger partial charge >= 0.3 is 39.5 Å². The van der Waals surface area contributed by atoms with Gasteiger partial charge in [-0.3, -0.25) is 37.3 Å². The number of hydrogen-bond donors (Lipinski definition) is 3. The van der Waals surface area contributed by atoms with Gasteiger partial charge in [0.1, 0.15) is 19.3 Å². The minimum absolute atomic E-state index is 0.108. The van der Waals surface area contributed by atoms with Gasteiger partial charge in [0.25, 0.3) is 0 Å². The Morgan fingerprint density at radius 1 is 0.250 bits per heavy atom. The topological polar surface area (TPSA) is 237 Å². The first-order chi connectivity index (χ1) is 52.5. The number of aliphatic hydroxyl groups is 1. The van der Waals surface area contributed by atoms with Gasteiger partial charge < -0.3 is 33.8 Å². The number of aliphatic hydroxyl groups excluding tert-OH is 1. The molecular weight excluding hydrogens is 1400 g/mol. The largest absolute Gasteiger partial charge is 0.472 e. The van der Waals surface area contributed by atoms with Gasteiger partial charge in [0, 0.05) is 25.7 Å². The zero-order valence-corrected chi connectivity index (χ0v) is 72.8.